The van der Waals surface area contributed by atoms with E-state index < -0.39 is 23.9 Å². The molecule has 2 unspecified atom stereocenters. The van der Waals surface area contributed by atoms with Crippen LogP contribution in [0.25, 0.3) is 0 Å². The highest BCUT2D eigenvalue weighted by atomic mass is 16.5. The highest BCUT2D eigenvalue weighted by Gasteiger charge is 2.57. The number of methoxy groups -OCH3 is 3. The van der Waals surface area contributed by atoms with E-state index in [1.54, 1.807) is 41.3 Å². The molecule has 2 atom stereocenters. The molecular formula is C28H26N2O6. The lowest BCUT2D eigenvalue weighted by atomic mass is 9.85. The van der Waals surface area contributed by atoms with Crippen molar-refractivity contribution in [1.82, 2.24) is 4.90 Å². The number of amides is 3. The van der Waals surface area contributed by atoms with E-state index in [0.717, 1.165) is 16.0 Å². The van der Waals surface area contributed by atoms with Gasteiger partial charge >= 0.3 is 0 Å². The fourth-order valence-corrected chi connectivity index (χ4v) is 5.17. The zero-order valence-corrected chi connectivity index (χ0v) is 20.7. The van der Waals surface area contributed by atoms with Gasteiger partial charge in [0.1, 0.15) is 6.04 Å². The molecule has 8 heteroatoms. The minimum atomic E-state index is -1.03. The summed E-state index contributed by atoms with van der Waals surface area (Å²) in [5, 5.41) is 0. The molecule has 2 heterocycles. The molecule has 0 bridgehead atoms. The van der Waals surface area contributed by atoms with E-state index in [4.69, 9.17) is 14.2 Å². The smallest absolute Gasteiger partial charge is 0.262 e. The van der Waals surface area contributed by atoms with Crippen molar-refractivity contribution in [3.05, 3.63) is 82.4 Å². The maximum absolute atomic E-state index is 13.7. The lowest BCUT2D eigenvalue weighted by molar-refractivity contribution is -0.130. The Hall–Kier alpha value is -4.33. The largest absolute Gasteiger partial charge is 0.493 e. The standard InChI is InChI=1S/C28H26N2O6/c1-15-10-16(2)12-18(11-15)29-23(17-13-21(34-3)25(36-5)22(14-17)35-4)24(28(29)33)30-26(31)19-8-6-7-9-20(19)27(30)32/h6-14,23-24H,1-5H3. The van der Waals surface area contributed by atoms with Gasteiger partial charge in [-0.25, -0.2) is 0 Å². The van der Waals surface area contributed by atoms with E-state index in [0.29, 0.717) is 39.6 Å². The molecule has 8 nitrogen and oxygen atoms in total. The second kappa shape index (κ2) is 8.71. The van der Waals surface area contributed by atoms with Gasteiger partial charge < -0.3 is 19.1 Å². The number of imide groups is 1. The zero-order chi connectivity index (χ0) is 25.7. The zero-order valence-electron chi connectivity index (χ0n) is 20.7. The van der Waals surface area contributed by atoms with Crippen molar-refractivity contribution in [3.63, 3.8) is 0 Å². The van der Waals surface area contributed by atoms with Gasteiger partial charge in [0.05, 0.1) is 38.5 Å². The molecule has 3 aromatic carbocycles. The molecule has 184 valence electrons. The third-order valence-electron chi connectivity index (χ3n) is 6.68. The molecule has 3 amide bonds. The second-order valence-electron chi connectivity index (χ2n) is 8.93. The number of carbonyl (C=O) groups excluding carboxylic acids is 3. The third-order valence-corrected chi connectivity index (χ3v) is 6.68. The van der Waals surface area contributed by atoms with Crippen molar-refractivity contribution < 1.29 is 28.6 Å². The average molecular weight is 487 g/mol. The van der Waals surface area contributed by atoms with Gasteiger partial charge in [0.25, 0.3) is 17.7 Å². The number of aryl methyl sites for hydroxylation is 2. The van der Waals surface area contributed by atoms with Crippen molar-refractivity contribution >= 4 is 23.4 Å². The lowest BCUT2D eigenvalue weighted by Crippen LogP contribution is -2.67. The highest BCUT2D eigenvalue weighted by Crippen LogP contribution is 2.48. The Kier molecular flexibility index (Phi) is 5.67. The molecule has 5 rings (SSSR count). The SMILES string of the molecule is COc1cc(C2C(N3C(=O)c4ccccc4C3=O)C(=O)N2c2cc(C)cc(C)c2)cc(OC)c1OC. The molecule has 1 fully saturated rings. The first-order valence-corrected chi connectivity index (χ1v) is 11.5. The summed E-state index contributed by atoms with van der Waals surface area (Å²) in [6, 6.07) is 14.3. The molecule has 0 spiro atoms. The first-order chi connectivity index (χ1) is 17.3. The summed E-state index contributed by atoms with van der Waals surface area (Å²) in [6.45, 7) is 3.91. The molecule has 0 aromatic heterocycles. The highest BCUT2D eigenvalue weighted by molar-refractivity contribution is 6.24. The van der Waals surface area contributed by atoms with Gasteiger partial charge in [-0.2, -0.15) is 0 Å². The Morgan fingerprint density at radius 2 is 1.19 bits per heavy atom. The van der Waals surface area contributed by atoms with Gasteiger partial charge in [-0.3, -0.25) is 19.3 Å². The summed E-state index contributed by atoms with van der Waals surface area (Å²) in [7, 11) is 4.53. The number of anilines is 1. The minimum absolute atomic E-state index is 0.295. The van der Waals surface area contributed by atoms with Gasteiger partial charge in [-0.15, -0.1) is 0 Å². The van der Waals surface area contributed by atoms with Crippen LogP contribution in [0.1, 0.15) is 43.4 Å². The first kappa shape index (κ1) is 23.4. The quantitative estimate of drug-likeness (QED) is 0.386. The summed E-state index contributed by atoms with van der Waals surface area (Å²) < 4.78 is 16.5. The molecule has 0 saturated carbocycles. The van der Waals surface area contributed by atoms with E-state index >= 15 is 0 Å². The predicted octanol–water partition coefficient (Wildman–Crippen LogP) is 4.08. The maximum Gasteiger partial charge on any atom is 0.262 e. The van der Waals surface area contributed by atoms with Crippen LogP contribution in [0.5, 0.6) is 17.2 Å². The molecule has 0 aliphatic carbocycles. The Balaban J connectivity index is 1.67. The first-order valence-electron chi connectivity index (χ1n) is 11.5. The maximum atomic E-state index is 13.7. The number of hydrogen-bond acceptors (Lipinski definition) is 6. The van der Waals surface area contributed by atoms with Crippen LogP contribution in [-0.4, -0.2) is 50.0 Å². The van der Waals surface area contributed by atoms with Crippen LogP contribution >= 0.6 is 0 Å². The van der Waals surface area contributed by atoms with E-state index in [2.05, 4.69) is 0 Å². The van der Waals surface area contributed by atoms with Crippen molar-refractivity contribution in [2.75, 3.05) is 26.2 Å². The molecule has 2 aliphatic rings. The number of β-lactam (4-membered cyclic amide) rings is 1. The number of nitrogens with zero attached hydrogens (tertiary/aromatic N) is 2. The summed E-state index contributed by atoms with van der Waals surface area (Å²) in [5.74, 6) is -0.0730. The number of fused-ring (bicyclic) bond motifs is 1. The van der Waals surface area contributed by atoms with Crippen molar-refractivity contribution in [2.24, 2.45) is 0 Å². The van der Waals surface area contributed by atoms with E-state index in [9.17, 15) is 14.4 Å². The Morgan fingerprint density at radius 3 is 1.67 bits per heavy atom. The Labute approximate surface area is 209 Å². The number of ether oxygens (including phenoxy) is 3. The number of carbonyl (C=O) groups is 3. The van der Waals surface area contributed by atoms with Gasteiger partial charge in [0.15, 0.2) is 11.5 Å². The van der Waals surface area contributed by atoms with E-state index in [1.807, 2.05) is 32.0 Å². The number of hydrogen-bond donors (Lipinski definition) is 0. The third kappa shape index (κ3) is 3.40. The predicted molar refractivity (Wildman–Crippen MR) is 133 cm³/mol. The van der Waals surface area contributed by atoms with Crippen LogP contribution in [-0.2, 0) is 4.79 Å². The van der Waals surface area contributed by atoms with Gasteiger partial charge in [0.2, 0.25) is 5.75 Å². The van der Waals surface area contributed by atoms with Crippen LogP contribution in [0, 0.1) is 13.8 Å². The summed E-state index contributed by atoms with van der Waals surface area (Å²) in [6.07, 6.45) is 0. The van der Waals surface area contributed by atoms with Gasteiger partial charge in [-0.1, -0.05) is 18.2 Å². The van der Waals surface area contributed by atoms with Gasteiger partial charge in [0, 0.05) is 5.69 Å². The molecule has 3 aromatic rings. The molecule has 0 N–H and O–H groups in total. The summed E-state index contributed by atoms with van der Waals surface area (Å²) in [4.78, 5) is 43.1. The van der Waals surface area contributed by atoms with Crippen molar-refractivity contribution in [2.45, 2.75) is 25.9 Å². The molecule has 2 aliphatic heterocycles. The fraction of sp³-hybridized carbons (Fsp3) is 0.250. The number of benzene rings is 3. The van der Waals surface area contributed by atoms with Crippen LogP contribution in [0.2, 0.25) is 0 Å². The molecule has 36 heavy (non-hydrogen) atoms. The second-order valence-corrected chi connectivity index (χ2v) is 8.93. The summed E-state index contributed by atoms with van der Waals surface area (Å²) >= 11 is 0. The Bertz CT molecular complexity index is 1330. The van der Waals surface area contributed by atoms with Crippen LogP contribution in [0.15, 0.2) is 54.6 Å². The fourth-order valence-electron chi connectivity index (χ4n) is 5.17. The number of rotatable bonds is 6. The molecule has 0 radical (unpaired) electrons. The molecular weight excluding hydrogens is 460 g/mol. The van der Waals surface area contributed by atoms with E-state index in [-0.39, 0.29) is 5.91 Å². The van der Waals surface area contributed by atoms with Crippen molar-refractivity contribution in [1.29, 1.82) is 0 Å². The Morgan fingerprint density at radius 1 is 0.667 bits per heavy atom. The lowest BCUT2D eigenvalue weighted by Gasteiger charge is -2.50. The van der Waals surface area contributed by atoms with Gasteiger partial charge in [-0.05, 0) is 66.9 Å². The van der Waals surface area contributed by atoms with Crippen LogP contribution in [0.4, 0.5) is 5.69 Å². The molecule has 1 saturated heterocycles. The minimum Gasteiger partial charge on any atom is -0.493 e. The average Bonchev–Trinajstić information content (AvgIpc) is 3.11. The normalized spacial score (nSPS) is 18.8. The van der Waals surface area contributed by atoms with Crippen LogP contribution < -0.4 is 19.1 Å². The van der Waals surface area contributed by atoms with Crippen LogP contribution in [0.3, 0.4) is 0 Å². The monoisotopic (exact) mass is 486 g/mol. The van der Waals surface area contributed by atoms with Crippen molar-refractivity contribution in [3.8, 4) is 17.2 Å². The topological polar surface area (TPSA) is 85.4 Å². The van der Waals surface area contributed by atoms with E-state index in [1.165, 1.54) is 21.3 Å². The summed E-state index contributed by atoms with van der Waals surface area (Å²) in [5.41, 5.74) is 3.90.